The van der Waals surface area contributed by atoms with Gasteiger partial charge in [-0.2, -0.15) is 8.78 Å². The van der Waals surface area contributed by atoms with Crippen LogP contribution < -0.4 is 15.4 Å². The van der Waals surface area contributed by atoms with E-state index < -0.39 is 18.2 Å². The van der Waals surface area contributed by atoms with Gasteiger partial charge in [-0.05, 0) is 31.1 Å². The smallest absolute Gasteiger partial charge is 0.387 e. The fourth-order valence-corrected chi connectivity index (χ4v) is 1.90. The summed E-state index contributed by atoms with van der Waals surface area (Å²) in [7, 11) is 0. The minimum absolute atomic E-state index is 0. The maximum absolute atomic E-state index is 13.5. The van der Waals surface area contributed by atoms with E-state index in [2.05, 4.69) is 15.4 Å². The van der Waals surface area contributed by atoms with Crippen molar-refractivity contribution in [2.24, 2.45) is 11.8 Å². The third-order valence-corrected chi connectivity index (χ3v) is 3.35. The molecule has 0 spiro atoms. The number of nitrogens with one attached hydrogen (secondary N) is 2. The molecule has 1 aromatic rings. The number of hydrogen-bond donors (Lipinski definition) is 2. The molecule has 2 rings (SSSR count). The Morgan fingerprint density at radius 1 is 1.43 bits per heavy atom. The Morgan fingerprint density at radius 2 is 2.10 bits per heavy atom. The van der Waals surface area contributed by atoms with Crippen LogP contribution in [0.15, 0.2) is 18.2 Å². The molecule has 8 heteroatoms. The summed E-state index contributed by atoms with van der Waals surface area (Å²) in [5.74, 6) is -1.65. The van der Waals surface area contributed by atoms with E-state index in [0.717, 1.165) is 25.2 Å². The molecule has 1 aromatic carbocycles. The number of hydrogen-bond acceptors (Lipinski definition) is 3. The zero-order valence-electron chi connectivity index (χ0n) is 11.2. The largest absolute Gasteiger partial charge is 0.432 e. The van der Waals surface area contributed by atoms with Crippen LogP contribution in [0.2, 0.25) is 0 Å². The van der Waals surface area contributed by atoms with Crippen molar-refractivity contribution in [3.05, 3.63) is 24.0 Å². The van der Waals surface area contributed by atoms with Crippen LogP contribution in [0.1, 0.15) is 6.92 Å². The molecule has 0 radical (unpaired) electrons. The molecule has 1 unspecified atom stereocenters. The van der Waals surface area contributed by atoms with Crippen LogP contribution in [0.3, 0.4) is 0 Å². The molecule has 1 atom stereocenters. The highest BCUT2D eigenvalue weighted by Crippen LogP contribution is 2.24. The van der Waals surface area contributed by atoms with E-state index in [9.17, 15) is 18.0 Å². The fraction of sp³-hybridized carbons (Fsp3) is 0.462. The number of carbonyl (C=O) groups excluding carboxylic acids is 1. The van der Waals surface area contributed by atoms with E-state index in [1.54, 1.807) is 6.92 Å². The molecule has 4 nitrogen and oxygen atoms in total. The predicted octanol–water partition coefficient (Wildman–Crippen LogP) is 2.64. The van der Waals surface area contributed by atoms with Crippen molar-refractivity contribution in [3.63, 3.8) is 0 Å². The maximum atomic E-state index is 13.5. The van der Waals surface area contributed by atoms with Crippen LogP contribution in [0.4, 0.5) is 18.9 Å². The van der Waals surface area contributed by atoms with E-state index in [4.69, 9.17) is 0 Å². The molecule has 21 heavy (non-hydrogen) atoms. The molecule has 1 heterocycles. The SMILES string of the molecule is CC(C(=O)Nc1ccc(OC(F)F)c(F)c1)C1CNC1.Cl. The second-order valence-electron chi connectivity index (χ2n) is 4.72. The molecular formula is C13H16ClF3N2O2. The number of carbonyl (C=O) groups is 1. The lowest BCUT2D eigenvalue weighted by Gasteiger charge is -2.31. The van der Waals surface area contributed by atoms with Crippen LogP contribution >= 0.6 is 12.4 Å². The highest BCUT2D eigenvalue weighted by Gasteiger charge is 2.28. The van der Waals surface area contributed by atoms with Gasteiger partial charge in [-0.3, -0.25) is 4.79 Å². The zero-order valence-corrected chi connectivity index (χ0v) is 12.1. The van der Waals surface area contributed by atoms with Gasteiger partial charge >= 0.3 is 6.61 Å². The third-order valence-electron chi connectivity index (χ3n) is 3.35. The van der Waals surface area contributed by atoms with Gasteiger partial charge in [0.2, 0.25) is 5.91 Å². The summed E-state index contributed by atoms with van der Waals surface area (Å²) < 4.78 is 41.4. The minimum atomic E-state index is -3.09. The zero-order chi connectivity index (χ0) is 14.7. The summed E-state index contributed by atoms with van der Waals surface area (Å²) in [5, 5.41) is 5.63. The lowest BCUT2D eigenvalue weighted by molar-refractivity contribution is -0.121. The van der Waals surface area contributed by atoms with Gasteiger partial charge in [-0.1, -0.05) is 6.92 Å². The van der Waals surface area contributed by atoms with Crippen molar-refractivity contribution in [1.29, 1.82) is 0 Å². The number of rotatable bonds is 5. The van der Waals surface area contributed by atoms with E-state index in [-0.39, 0.29) is 35.8 Å². The summed E-state index contributed by atoms with van der Waals surface area (Å²) in [6, 6.07) is 3.35. The minimum Gasteiger partial charge on any atom is -0.432 e. The van der Waals surface area contributed by atoms with Crippen LogP contribution in [-0.4, -0.2) is 25.6 Å². The quantitative estimate of drug-likeness (QED) is 0.875. The van der Waals surface area contributed by atoms with E-state index in [1.165, 1.54) is 6.07 Å². The van der Waals surface area contributed by atoms with Gasteiger partial charge < -0.3 is 15.4 Å². The van der Waals surface area contributed by atoms with Crippen LogP contribution in [0.25, 0.3) is 0 Å². The van der Waals surface area contributed by atoms with Crippen molar-refractivity contribution < 1.29 is 22.7 Å². The standard InChI is InChI=1S/C13H15F3N2O2.ClH/c1-7(8-5-17-6-8)12(19)18-9-2-3-11(10(14)4-9)20-13(15)16;/h2-4,7-8,13,17H,5-6H2,1H3,(H,18,19);1H. The first-order valence-corrected chi connectivity index (χ1v) is 6.23. The molecule has 1 fully saturated rings. The highest BCUT2D eigenvalue weighted by atomic mass is 35.5. The van der Waals surface area contributed by atoms with Crippen molar-refractivity contribution in [3.8, 4) is 5.75 Å². The number of ether oxygens (including phenoxy) is 1. The van der Waals surface area contributed by atoms with Gasteiger partial charge in [-0.25, -0.2) is 4.39 Å². The number of halogens is 4. The van der Waals surface area contributed by atoms with Crippen molar-refractivity contribution in [2.45, 2.75) is 13.5 Å². The number of amides is 1. The topological polar surface area (TPSA) is 50.4 Å². The molecule has 2 N–H and O–H groups in total. The lowest BCUT2D eigenvalue weighted by Crippen LogP contribution is -2.48. The lowest BCUT2D eigenvalue weighted by atomic mass is 9.88. The highest BCUT2D eigenvalue weighted by molar-refractivity contribution is 5.92. The fourth-order valence-electron chi connectivity index (χ4n) is 1.90. The summed E-state index contributed by atoms with van der Waals surface area (Å²) in [6.45, 7) is 0.274. The van der Waals surface area contributed by atoms with Gasteiger partial charge in [0.05, 0.1) is 0 Å². The van der Waals surface area contributed by atoms with Gasteiger partial charge in [0, 0.05) is 17.7 Å². The second kappa shape index (κ2) is 7.51. The number of anilines is 1. The van der Waals surface area contributed by atoms with Gasteiger partial charge in [0.1, 0.15) is 0 Å². The Morgan fingerprint density at radius 3 is 2.57 bits per heavy atom. The average Bonchev–Trinajstić information content (AvgIpc) is 2.30. The Bertz CT molecular complexity index is 498. The molecule has 1 aliphatic rings. The van der Waals surface area contributed by atoms with Crippen LogP contribution in [0, 0.1) is 17.7 Å². The molecule has 0 aromatic heterocycles. The monoisotopic (exact) mass is 324 g/mol. The van der Waals surface area contributed by atoms with Crippen LogP contribution in [-0.2, 0) is 4.79 Å². The molecular weight excluding hydrogens is 309 g/mol. The molecule has 1 amide bonds. The van der Waals surface area contributed by atoms with Gasteiger partial charge in [0.15, 0.2) is 11.6 Å². The van der Waals surface area contributed by atoms with Gasteiger partial charge in [0.25, 0.3) is 0 Å². The molecule has 1 aliphatic heterocycles. The van der Waals surface area contributed by atoms with Crippen LogP contribution in [0.5, 0.6) is 5.75 Å². The number of benzene rings is 1. The van der Waals surface area contributed by atoms with Crippen molar-refractivity contribution in [1.82, 2.24) is 5.32 Å². The summed E-state index contributed by atoms with van der Waals surface area (Å²) in [4.78, 5) is 11.9. The summed E-state index contributed by atoms with van der Waals surface area (Å²) in [5.41, 5.74) is 0.216. The van der Waals surface area contributed by atoms with Crippen molar-refractivity contribution in [2.75, 3.05) is 18.4 Å². The second-order valence-corrected chi connectivity index (χ2v) is 4.72. The average molecular weight is 325 g/mol. The molecule has 0 saturated carbocycles. The van der Waals surface area contributed by atoms with E-state index in [1.807, 2.05) is 0 Å². The maximum Gasteiger partial charge on any atom is 0.387 e. The van der Waals surface area contributed by atoms with E-state index in [0.29, 0.717) is 0 Å². The Labute approximate surface area is 126 Å². The summed E-state index contributed by atoms with van der Waals surface area (Å²) in [6.07, 6.45) is 0. The third kappa shape index (κ3) is 4.50. The first-order valence-electron chi connectivity index (χ1n) is 6.23. The van der Waals surface area contributed by atoms with Gasteiger partial charge in [-0.15, -0.1) is 12.4 Å². The first kappa shape index (κ1) is 17.6. The summed E-state index contributed by atoms with van der Waals surface area (Å²) >= 11 is 0. The van der Waals surface area contributed by atoms with E-state index >= 15 is 0 Å². The van der Waals surface area contributed by atoms with Crippen molar-refractivity contribution >= 4 is 24.0 Å². The first-order chi connectivity index (χ1) is 9.47. The predicted molar refractivity (Wildman–Crippen MR) is 74.4 cm³/mol. The molecule has 0 aliphatic carbocycles. The molecule has 118 valence electrons. The number of alkyl halides is 2. The Balaban J connectivity index is 0.00000220. The Hall–Kier alpha value is -1.47. The Kier molecular flexibility index (Phi) is 6.29. The molecule has 0 bridgehead atoms. The molecule has 1 saturated heterocycles. The normalized spacial score (nSPS) is 15.9.